The normalized spacial score (nSPS) is 11.3. The van der Waals surface area contributed by atoms with Crippen LogP contribution in [0.25, 0.3) is 10.9 Å². The summed E-state index contributed by atoms with van der Waals surface area (Å²) in [7, 11) is 0. The van der Waals surface area contributed by atoms with Crippen LogP contribution in [0, 0.1) is 16.7 Å². The van der Waals surface area contributed by atoms with Gasteiger partial charge in [0.2, 0.25) is 0 Å². The largest absolute Gasteiger partial charge is 0.396 e. The van der Waals surface area contributed by atoms with Gasteiger partial charge in [0.15, 0.2) is 0 Å². The second-order valence-corrected chi connectivity index (χ2v) is 5.68. The van der Waals surface area contributed by atoms with Crippen LogP contribution in [0.5, 0.6) is 0 Å². The zero-order valence-corrected chi connectivity index (χ0v) is 11.8. The number of nitrogens with zero attached hydrogens (tertiary/aromatic N) is 2. The maximum absolute atomic E-state index is 9.23. The molecule has 4 heteroatoms. The highest BCUT2D eigenvalue weighted by atomic mass is 16.3. The molecule has 20 heavy (non-hydrogen) atoms. The number of benzene rings is 1. The average molecular weight is 269 g/mol. The van der Waals surface area contributed by atoms with Crippen molar-refractivity contribution in [3.8, 4) is 6.07 Å². The van der Waals surface area contributed by atoms with E-state index in [0.717, 1.165) is 17.3 Å². The zero-order chi connectivity index (χ0) is 14.6. The number of hydrogen-bond donors (Lipinski definition) is 2. The van der Waals surface area contributed by atoms with Crippen LogP contribution in [0.1, 0.15) is 25.8 Å². The van der Waals surface area contributed by atoms with Crippen molar-refractivity contribution in [2.75, 3.05) is 18.5 Å². The van der Waals surface area contributed by atoms with E-state index in [2.05, 4.69) is 30.2 Å². The van der Waals surface area contributed by atoms with Gasteiger partial charge in [-0.1, -0.05) is 32.0 Å². The summed E-state index contributed by atoms with van der Waals surface area (Å²) in [6.07, 6.45) is 0.721. The third-order valence-electron chi connectivity index (χ3n) is 3.37. The Hall–Kier alpha value is -2.12. The second-order valence-electron chi connectivity index (χ2n) is 5.68. The molecule has 0 aliphatic heterocycles. The molecule has 2 aromatic rings. The van der Waals surface area contributed by atoms with Crippen molar-refractivity contribution in [1.29, 1.82) is 5.26 Å². The van der Waals surface area contributed by atoms with Crippen LogP contribution in [-0.2, 0) is 0 Å². The summed E-state index contributed by atoms with van der Waals surface area (Å²) in [4.78, 5) is 4.52. The third kappa shape index (κ3) is 3.25. The van der Waals surface area contributed by atoms with Gasteiger partial charge in [-0.15, -0.1) is 0 Å². The lowest BCUT2D eigenvalue weighted by Gasteiger charge is -2.24. The first-order valence-corrected chi connectivity index (χ1v) is 6.70. The molecule has 0 amide bonds. The summed E-state index contributed by atoms with van der Waals surface area (Å²) < 4.78 is 0. The van der Waals surface area contributed by atoms with Crippen LogP contribution >= 0.6 is 0 Å². The second kappa shape index (κ2) is 5.89. The molecule has 2 N–H and O–H groups in total. The molecule has 1 aromatic heterocycles. The highest BCUT2D eigenvalue weighted by Gasteiger charge is 2.17. The molecular formula is C16H19N3O. The van der Waals surface area contributed by atoms with Crippen molar-refractivity contribution in [2.45, 2.75) is 20.3 Å². The van der Waals surface area contributed by atoms with Gasteiger partial charge in [0.05, 0.1) is 17.1 Å². The topological polar surface area (TPSA) is 68.9 Å². The number of rotatable bonds is 5. The van der Waals surface area contributed by atoms with Gasteiger partial charge in [0.1, 0.15) is 5.82 Å². The quantitative estimate of drug-likeness (QED) is 0.875. The highest BCUT2D eigenvalue weighted by Crippen LogP contribution is 2.23. The lowest BCUT2D eigenvalue weighted by atomic mass is 9.90. The summed E-state index contributed by atoms with van der Waals surface area (Å²) in [6, 6.07) is 11.6. The minimum absolute atomic E-state index is 0.0190. The standard InChI is InChI=1S/C16H19N3O/c1-16(2,7-8-20)11-18-15-9-12(10-17)13-5-3-4-6-14(13)19-15/h3-6,9,20H,7-8,11H2,1-2H3,(H,18,19). The molecule has 0 radical (unpaired) electrons. The first-order valence-electron chi connectivity index (χ1n) is 6.70. The molecule has 2 rings (SSSR count). The number of fused-ring (bicyclic) bond motifs is 1. The predicted molar refractivity (Wildman–Crippen MR) is 80.4 cm³/mol. The molecule has 0 unspecified atom stereocenters. The van der Waals surface area contributed by atoms with E-state index in [1.807, 2.05) is 24.3 Å². The number of pyridine rings is 1. The molecule has 0 fully saturated rings. The van der Waals surface area contributed by atoms with Gasteiger partial charge in [-0.3, -0.25) is 0 Å². The molecule has 0 bridgehead atoms. The van der Waals surface area contributed by atoms with Gasteiger partial charge < -0.3 is 10.4 Å². The number of aliphatic hydroxyl groups excluding tert-OH is 1. The van der Waals surface area contributed by atoms with Gasteiger partial charge >= 0.3 is 0 Å². The molecule has 1 aromatic carbocycles. The number of anilines is 1. The minimum Gasteiger partial charge on any atom is -0.396 e. The zero-order valence-electron chi connectivity index (χ0n) is 11.8. The molecule has 4 nitrogen and oxygen atoms in total. The SMILES string of the molecule is CC(C)(CCO)CNc1cc(C#N)c2ccccc2n1. The lowest BCUT2D eigenvalue weighted by Crippen LogP contribution is -2.24. The molecule has 0 aliphatic rings. The van der Waals surface area contributed by atoms with Crippen LogP contribution in [0.3, 0.4) is 0 Å². The number of para-hydroxylation sites is 1. The molecule has 0 atom stereocenters. The van der Waals surface area contributed by atoms with Gasteiger partial charge in [0.25, 0.3) is 0 Å². The first kappa shape index (κ1) is 14.3. The number of aliphatic hydroxyl groups is 1. The van der Waals surface area contributed by atoms with E-state index in [4.69, 9.17) is 5.11 Å². The maximum atomic E-state index is 9.23. The van der Waals surface area contributed by atoms with Crippen molar-refractivity contribution >= 4 is 16.7 Å². The van der Waals surface area contributed by atoms with Gasteiger partial charge in [-0.05, 0) is 24.0 Å². The number of aromatic nitrogens is 1. The summed E-state index contributed by atoms with van der Waals surface area (Å²) in [5, 5.41) is 22.4. The Balaban J connectivity index is 2.25. The number of nitriles is 1. The molecule has 1 heterocycles. The predicted octanol–water partition coefficient (Wildman–Crippen LogP) is 2.93. The van der Waals surface area contributed by atoms with E-state index in [1.165, 1.54) is 0 Å². The average Bonchev–Trinajstić information content (AvgIpc) is 2.44. The first-order chi connectivity index (χ1) is 9.55. The Kier molecular flexibility index (Phi) is 4.21. The van der Waals surface area contributed by atoms with Gasteiger partial charge in [-0.2, -0.15) is 5.26 Å². The Morgan fingerprint density at radius 2 is 2.10 bits per heavy atom. The van der Waals surface area contributed by atoms with Crippen LogP contribution in [0.2, 0.25) is 0 Å². The smallest absolute Gasteiger partial charge is 0.128 e. The van der Waals surface area contributed by atoms with Crippen LogP contribution < -0.4 is 5.32 Å². The molecule has 0 saturated carbocycles. The molecule has 104 valence electrons. The Morgan fingerprint density at radius 1 is 1.35 bits per heavy atom. The van der Waals surface area contributed by atoms with Crippen molar-refractivity contribution in [1.82, 2.24) is 4.98 Å². The number of nitrogens with one attached hydrogen (secondary N) is 1. The number of hydrogen-bond acceptors (Lipinski definition) is 4. The third-order valence-corrected chi connectivity index (χ3v) is 3.37. The van der Waals surface area contributed by atoms with Crippen molar-refractivity contribution in [3.05, 3.63) is 35.9 Å². The highest BCUT2D eigenvalue weighted by molar-refractivity contribution is 5.86. The van der Waals surface area contributed by atoms with Gasteiger partial charge in [-0.25, -0.2) is 4.98 Å². The fourth-order valence-electron chi connectivity index (χ4n) is 2.08. The van der Waals surface area contributed by atoms with E-state index >= 15 is 0 Å². The summed E-state index contributed by atoms with van der Waals surface area (Å²) in [5.41, 5.74) is 1.42. The maximum Gasteiger partial charge on any atom is 0.128 e. The fraction of sp³-hybridized carbons (Fsp3) is 0.375. The van der Waals surface area contributed by atoms with E-state index in [-0.39, 0.29) is 12.0 Å². The van der Waals surface area contributed by atoms with Gasteiger partial charge in [0, 0.05) is 18.5 Å². The van der Waals surface area contributed by atoms with Crippen LogP contribution in [0.4, 0.5) is 5.82 Å². The van der Waals surface area contributed by atoms with Crippen LogP contribution in [-0.4, -0.2) is 23.2 Å². The van der Waals surface area contributed by atoms with Crippen molar-refractivity contribution in [3.63, 3.8) is 0 Å². The Morgan fingerprint density at radius 3 is 2.80 bits per heavy atom. The summed E-state index contributed by atoms with van der Waals surface area (Å²) in [6.45, 7) is 5.04. The lowest BCUT2D eigenvalue weighted by molar-refractivity contribution is 0.220. The van der Waals surface area contributed by atoms with Crippen molar-refractivity contribution in [2.24, 2.45) is 5.41 Å². The monoisotopic (exact) mass is 269 g/mol. The van der Waals surface area contributed by atoms with E-state index in [9.17, 15) is 5.26 Å². The molecular weight excluding hydrogens is 250 g/mol. The molecule has 0 saturated heterocycles. The van der Waals surface area contributed by atoms with Crippen LogP contribution in [0.15, 0.2) is 30.3 Å². The van der Waals surface area contributed by atoms with E-state index in [1.54, 1.807) is 6.07 Å². The Labute approximate surface area is 119 Å². The van der Waals surface area contributed by atoms with E-state index in [0.29, 0.717) is 17.9 Å². The van der Waals surface area contributed by atoms with E-state index < -0.39 is 0 Å². The summed E-state index contributed by atoms with van der Waals surface area (Å²) in [5.74, 6) is 0.700. The summed E-state index contributed by atoms with van der Waals surface area (Å²) >= 11 is 0. The van der Waals surface area contributed by atoms with Crippen molar-refractivity contribution < 1.29 is 5.11 Å². The molecule has 0 aliphatic carbocycles. The Bertz CT molecular complexity index is 644. The molecule has 0 spiro atoms. The minimum atomic E-state index is -0.0190. The fourth-order valence-corrected chi connectivity index (χ4v) is 2.08.